The second-order valence-corrected chi connectivity index (χ2v) is 17.3. The summed E-state index contributed by atoms with van der Waals surface area (Å²) in [6.07, 6.45) is 0. The molecule has 0 N–H and O–H groups in total. The van der Waals surface area contributed by atoms with Gasteiger partial charge in [0, 0.05) is 61.0 Å². The van der Waals surface area contributed by atoms with Gasteiger partial charge in [0.05, 0.1) is 11.0 Å². The number of benzene rings is 9. The molecular weight excluding hydrogens is 843 g/mol. The van der Waals surface area contributed by atoms with E-state index in [4.69, 9.17) is 29.9 Å². The Hall–Kier alpha value is -9.20. The Morgan fingerprint density at radius 1 is 0.261 bits per heavy atom. The average molecular weight is 886 g/mol. The standard InChI is InChI=1S/C62H43N7/c1-40-34-51(46-28-18-30-48(38-46)61-65-57(42-20-8-3-9-21-42)63-58(66-61)43-22-10-4-11-23-43)55-53(36-40)54-37-41(2)35-52(56(54)69(55)50-32-16-7-17-33-50)47-29-19-31-49(39-47)62-67-59(44-24-12-5-13-25-44)64-60(68-62)45-26-14-6-15-27-45/h3-39H,1-2H3. The van der Waals surface area contributed by atoms with Crippen LogP contribution in [0.1, 0.15) is 11.1 Å². The minimum absolute atomic E-state index is 0.611. The van der Waals surface area contributed by atoms with E-state index in [9.17, 15) is 0 Å². The van der Waals surface area contributed by atoms with Crippen molar-refractivity contribution >= 4 is 21.8 Å². The number of hydrogen-bond donors (Lipinski definition) is 0. The minimum atomic E-state index is 0.611. The summed E-state index contributed by atoms with van der Waals surface area (Å²) in [5.74, 6) is 3.73. The van der Waals surface area contributed by atoms with E-state index in [1.54, 1.807) is 0 Å². The molecule has 0 saturated carbocycles. The molecular formula is C62H43N7. The normalized spacial score (nSPS) is 11.3. The molecule has 0 unspecified atom stereocenters. The number of aryl methyl sites for hydroxylation is 2. The van der Waals surface area contributed by atoms with Crippen LogP contribution < -0.4 is 0 Å². The van der Waals surface area contributed by atoms with E-state index >= 15 is 0 Å². The van der Waals surface area contributed by atoms with E-state index in [0.29, 0.717) is 34.9 Å². The van der Waals surface area contributed by atoms with Gasteiger partial charge in [0.15, 0.2) is 34.9 Å². The fraction of sp³-hybridized carbons (Fsp3) is 0.0323. The Kier molecular flexibility index (Phi) is 10.5. The lowest BCUT2D eigenvalue weighted by Crippen LogP contribution is -2.00. The maximum atomic E-state index is 5.10. The van der Waals surface area contributed by atoms with Crippen molar-refractivity contribution in [1.29, 1.82) is 0 Å². The third-order valence-corrected chi connectivity index (χ3v) is 12.5. The van der Waals surface area contributed by atoms with Crippen molar-refractivity contribution < 1.29 is 0 Å². The maximum absolute atomic E-state index is 5.10. The molecule has 7 nitrogen and oxygen atoms in total. The van der Waals surface area contributed by atoms with Gasteiger partial charge in [-0.2, -0.15) is 0 Å². The van der Waals surface area contributed by atoms with Gasteiger partial charge in [-0.3, -0.25) is 0 Å². The van der Waals surface area contributed by atoms with Crippen molar-refractivity contribution in [3.8, 4) is 96.3 Å². The van der Waals surface area contributed by atoms with Crippen LogP contribution >= 0.6 is 0 Å². The Morgan fingerprint density at radius 3 is 0.870 bits per heavy atom. The van der Waals surface area contributed by atoms with E-state index in [0.717, 1.165) is 83.5 Å². The van der Waals surface area contributed by atoms with Crippen LogP contribution in [0.15, 0.2) is 224 Å². The number of aromatic nitrogens is 7. The third kappa shape index (κ3) is 7.92. The van der Waals surface area contributed by atoms with Crippen molar-refractivity contribution in [2.45, 2.75) is 13.8 Å². The molecule has 9 aromatic carbocycles. The molecule has 69 heavy (non-hydrogen) atoms. The Labute approximate surface area is 400 Å². The summed E-state index contributed by atoms with van der Waals surface area (Å²) >= 11 is 0. The molecule has 3 aromatic heterocycles. The Morgan fingerprint density at radius 2 is 0.536 bits per heavy atom. The molecule has 0 amide bonds. The number of nitrogens with zero attached hydrogens (tertiary/aromatic N) is 7. The first-order valence-corrected chi connectivity index (χ1v) is 23.1. The molecule has 0 bridgehead atoms. The Bertz CT molecular complexity index is 3490. The first-order chi connectivity index (χ1) is 34.0. The highest BCUT2D eigenvalue weighted by atomic mass is 15.0. The summed E-state index contributed by atoms with van der Waals surface area (Å²) in [7, 11) is 0. The van der Waals surface area contributed by atoms with Gasteiger partial charge in [0.1, 0.15) is 0 Å². The molecule has 0 aliphatic heterocycles. The summed E-state index contributed by atoms with van der Waals surface area (Å²) in [6.45, 7) is 4.37. The lowest BCUT2D eigenvalue weighted by Gasteiger charge is -2.15. The quantitative estimate of drug-likeness (QED) is 0.144. The molecule has 12 aromatic rings. The molecule has 0 spiro atoms. The number of para-hydroxylation sites is 1. The summed E-state index contributed by atoms with van der Waals surface area (Å²) in [5.41, 5.74) is 15.5. The largest absolute Gasteiger partial charge is 0.308 e. The highest BCUT2D eigenvalue weighted by Crippen LogP contribution is 2.44. The van der Waals surface area contributed by atoms with Crippen LogP contribution in [-0.4, -0.2) is 34.5 Å². The van der Waals surface area contributed by atoms with Crippen LogP contribution in [0.5, 0.6) is 0 Å². The molecule has 12 rings (SSSR count). The van der Waals surface area contributed by atoms with Crippen molar-refractivity contribution in [3.05, 3.63) is 236 Å². The fourth-order valence-corrected chi connectivity index (χ4v) is 9.36. The molecule has 0 aliphatic carbocycles. The van der Waals surface area contributed by atoms with Gasteiger partial charge < -0.3 is 4.57 Å². The minimum Gasteiger partial charge on any atom is -0.308 e. The molecule has 7 heteroatoms. The van der Waals surface area contributed by atoms with Gasteiger partial charge in [-0.05, 0) is 84.6 Å². The predicted octanol–water partition coefficient (Wildman–Crippen LogP) is 15.1. The van der Waals surface area contributed by atoms with Crippen molar-refractivity contribution in [2.75, 3.05) is 0 Å². The Balaban J connectivity index is 1.06. The van der Waals surface area contributed by atoms with Crippen molar-refractivity contribution in [1.82, 2.24) is 34.5 Å². The van der Waals surface area contributed by atoms with Crippen molar-refractivity contribution in [3.63, 3.8) is 0 Å². The van der Waals surface area contributed by atoms with Gasteiger partial charge in [-0.15, -0.1) is 0 Å². The second-order valence-electron chi connectivity index (χ2n) is 17.3. The lowest BCUT2D eigenvalue weighted by molar-refractivity contribution is 1.07. The van der Waals surface area contributed by atoms with Crippen molar-refractivity contribution in [2.24, 2.45) is 0 Å². The first kappa shape index (κ1) is 41.2. The van der Waals surface area contributed by atoms with Crippen LogP contribution in [0.4, 0.5) is 0 Å². The van der Waals surface area contributed by atoms with E-state index in [1.807, 2.05) is 121 Å². The number of fused-ring (bicyclic) bond motifs is 3. The van der Waals surface area contributed by atoms with Crippen LogP contribution in [-0.2, 0) is 0 Å². The molecule has 0 atom stereocenters. The van der Waals surface area contributed by atoms with Gasteiger partial charge in [-0.25, -0.2) is 29.9 Å². The van der Waals surface area contributed by atoms with Gasteiger partial charge in [-0.1, -0.05) is 176 Å². The second kappa shape index (κ2) is 17.5. The highest BCUT2D eigenvalue weighted by molar-refractivity contribution is 6.18. The van der Waals surface area contributed by atoms with Gasteiger partial charge in [0.2, 0.25) is 0 Å². The maximum Gasteiger partial charge on any atom is 0.164 e. The molecule has 3 heterocycles. The van der Waals surface area contributed by atoms with Crippen LogP contribution in [0.3, 0.4) is 0 Å². The lowest BCUT2D eigenvalue weighted by atomic mass is 9.96. The molecule has 0 fully saturated rings. The first-order valence-electron chi connectivity index (χ1n) is 23.1. The SMILES string of the molecule is Cc1cc(-c2cccc(-c3nc(-c4ccccc4)nc(-c4ccccc4)n3)c2)c2c(c1)c1cc(C)cc(-c3cccc(-c4nc(-c5ccccc5)nc(-c5ccccc5)n4)c3)c1n2-c1ccccc1. The smallest absolute Gasteiger partial charge is 0.164 e. The van der Waals surface area contributed by atoms with Crippen LogP contribution in [0.2, 0.25) is 0 Å². The summed E-state index contributed by atoms with van der Waals surface area (Å²) in [4.78, 5) is 30.3. The van der Waals surface area contributed by atoms with E-state index < -0.39 is 0 Å². The molecule has 326 valence electrons. The highest BCUT2D eigenvalue weighted by Gasteiger charge is 2.23. The van der Waals surface area contributed by atoms with E-state index in [-0.39, 0.29) is 0 Å². The van der Waals surface area contributed by atoms with Gasteiger partial charge >= 0.3 is 0 Å². The van der Waals surface area contributed by atoms with Gasteiger partial charge in [0.25, 0.3) is 0 Å². The third-order valence-electron chi connectivity index (χ3n) is 12.5. The molecule has 0 radical (unpaired) electrons. The van der Waals surface area contributed by atoms with E-state index in [2.05, 4.69) is 122 Å². The molecule has 0 saturated heterocycles. The average Bonchev–Trinajstić information content (AvgIpc) is 3.75. The van der Waals surface area contributed by atoms with Crippen LogP contribution in [0.25, 0.3) is 118 Å². The monoisotopic (exact) mass is 885 g/mol. The zero-order valence-electron chi connectivity index (χ0n) is 38.0. The van der Waals surface area contributed by atoms with Crippen LogP contribution in [0, 0.1) is 13.8 Å². The summed E-state index contributed by atoms with van der Waals surface area (Å²) in [5, 5.41) is 2.34. The fourth-order valence-electron chi connectivity index (χ4n) is 9.36. The summed E-state index contributed by atoms with van der Waals surface area (Å²) < 4.78 is 2.45. The predicted molar refractivity (Wildman–Crippen MR) is 281 cm³/mol. The molecule has 0 aliphatic rings. The number of hydrogen-bond acceptors (Lipinski definition) is 6. The topological polar surface area (TPSA) is 82.3 Å². The zero-order valence-corrected chi connectivity index (χ0v) is 38.0. The van der Waals surface area contributed by atoms with E-state index in [1.165, 1.54) is 10.8 Å². The summed E-state index contributed by atoms with van der Waals surface area (Å²) in [6, 6.07) is 77.6. The number of rotatable bonds is 9. The zero-order chi connectivity index (χ0) is 46.3.